The number of fused-ring (bicyclic) bond motifs is 2. The predicted molar refractivity (Wildman–Crippen MR) is 87.7 cm³/mol. The van der Waals surface area contributed by atoms with E-state index in [4.69, 9.17) is 4.42 Å². The summed E-state index contributed by atoms with van der Waals surface area (Å²) in [6, 6.07) is 0.314. The lowest BCUT2D eigenvalue weighted by Crippen LogP contribution is -2.42. The molecule has 1 N–H and O–H groups in total. The number of nitrogens with zero attached hydrogens (tertiary/aromatic N) is 2. The molecule has 4 fully saturated rings. The molecule has 4 heterocycles. The number of hydrogen-bond acceptors (Lipinski definition) is 4. The predicted octanol–water partition coefficient (Wildman–Crippen LogP) is 2.48. The van der Waals surface area contributed by atoms with Crippen molar-refractivity contribution < 1.29 is 9.21 Å². The van der Waals surface area contributed by atoms with Gasteiger partial charge in [0.25, 0.3) is 11.5 Å². The van der Waals surface area contributed by atoms with E-state index in [0.717, 1.165) is 31.2 Å². The average Bonchev–Trinajstić information content (AvgIpc) is 2.76. The maximum atomic E-state index is 13.4. The van der Waals surface area contributed by atoms with Crippen molar-refractivity contribution in [2.24, 2.45) is 17.8 Å². The molecule has 0 spiro atoms. The van der Waals surface area contributed by atoms with E-state index in [1.807, 2.05) is 4.90 Å². The van der Waals surface area contributed by atoms with Gasteiger partial charge in [0.05, 0.1) is 11.9 Å². The summed E-state index contributed by atoms with van der Waals surface area (Å²) in [5.74, 6) is 2.60. The van der Waals surface area contributed by atoms with Crippen LogP contribution in [0.25, 0.3) is 11.1 Å². The third-order valence-electron chi connectivity index (χ3n) is 6.25. The number of carbonyl (C=O) groups excluding carboxylic acids is 1. The lowest BCUT2D eigenvalue weighted by molar-refractivity contribution is 0.0632. The monoisotopic (exact) mass is 327 g/mol. The highest BCUT2D eigenvalue weighted by Gasteiger charge is 2.44. The lowest BCUT2D eigenvalue weighted by Gasteiger charge is -2.38. The van der Waals surface area contributed by atoms with Crippen LogP contribution in [-0.2, 0) is 0 Å². The van der Waals surface area contributed by atoms with Crippen LogP contribution < -0.4 is 5.56 Å². The Kier molecular flexibility index (Phi) is 2.94. The molecule has 2 unspecified atom stereocenters. The molecule has 126 valence electrons. The molecule has 0 radical (unpaired) electrons. The Morgan fingerprint density at radius 3 is 2.67 bits per heavy atom. The molecule has 2 aromatic rings. The van der Waals surface area contributed by atoms with Crippen LogP contribution in [-0.4, -0.2) is 33.4 Å². The molecule has 24 heavy (non-hydrogen) atoms. The van der Waals surface area contributed by atoms with Crippen LogP contribution in [0.1, 0.15) is 48.2 Å². The summed E-state index contributed by atoms with van der Waals surface area (Å²) in [5.41, 5.74) is 0.349. The molecule has 4 bridgehead atoms. The zero-order valence-electron chi connectivity index (χ0n) is 13.7. The van der Waals surface area contributed by atoms with Gasteiger partial charge in [0.15, 0.2) is 0 Å². The number of carbonyl (C=O) groups is 1. The van der Waals surface area contributed by atoms with Crippen molar-refractivity contribution in [1.29, 1.82) is 0 Å². The van der Waals surface area contributed by atoms with E-state index in [9.17, 15) is 9.59 Å². The number of aromatic amines is 1. The molecule has 6 heteroatoms. The van der Waals surface area contributed by atoms with Crippen LogP contribution in [0.4, 0.5) is 0 Å². The van der Waals surface area contributed by atoms with E-state index < -0.39 is 0 Å². The van der Waals surface area contributed by atoms with Gasteiger partial charge in [-0.1, -0.05) is 0 Å². The van der Waals surface area contributed by atoms with Crippen LogP contribution >= 0.6 is 0 Å². The summed E-state index contributed by atoms with van der Waals surface area (Å²) in [6.45, 7) is 2.57. The maximum absolute atomic E-state index is 13.4. The van der Waals surface area contributed by atoms with Gasteiger partial charge in [-0.05, 0) is 56.8 Å². The molecule has 2 aromatic heterocycles. The standard InChI is InChI=1S/C18H21N3O3/c1-9-14(15-16(22)19-8-20-17(15)24-9)18(23)21-7-12-3-10-2-11(4-12)6-13(21)5-10/h8,10-13H,2-7H2,1H3,(H,19,20,22). The van der Waals surface area contributed by atoms with Gasteiger partial charge in [0.2, 0.25) is 5.71 Å². The molecule has 2 aliphatic carbocycles. The van der Waals surface area contributed by atoms with E-state index in [1.54, 1.807) is 6.92 Å². The summed E-state index contributed by atoms with van der Waals surface area (Å²) in [4.78, 5) is 34.2. The number of H-pyrrole nitrogens is 1. The average molecular weight is 327 g/mol. The fourth-order valence-electron chi connectivity index (χ4n) is 5.49. The highest BCUT2D eigenvalue weighted by Crippen LogP contribution is 2.47. The second-order valence-electron chi connectivity index (χ2n) is 7.83. The van der Waals surface area contributed by atoms with Crippen molar-refractivity contribution >= 4 is 17.0 Å². The van der Waals surface area contributed by atoms with E-state index >= 15 is 0 Å². The number of aryl methyl sites for hydroxylation is 1. The van der Waals surface area contributed by atoms with Crippen molar-refractivity contribution in [3.63, 3.8) is 0 Å². The van der Waals surface area contributed by atoms with Crippen molar-refractivity contribution in [3.8, 4) is 0 Å². The van der Waals surface area contributed by atoms with Gasteiger partial charge < -0.3 is 14.3 Å². The Morgan fingerprint density at radius 1 is 1.21 bits per heavy atom. The minimum Gasteiger partial charge on any atom is -0.442 e. The smallest absolute Gasteiger partial charge is 0.262 e. The van der Waals surface area contributed by atoms with Crippen LogP contribution in [0.2, 0.25) is 0 Å². The minimum absolute atomic E-state index is 0.0528. The second kappa shape index (κ2) is 4.94. The van der Waals surface area contributed by atoms with Gasteiger partial charge in [-0.25, -0.2) is 4.98 Å². The molecule has 4 aliphatic rings. The first kappa shape index (κ1) is 14.3. The van der Waals surface area contributed by atoms with Gasteiger partial charge in [0.1, 0.15) is 11.1 Å². The third-order valence-corrected chi connectivity index (χ3v) is 6.25. The van der Waals surface area contributed by atoms with Gasteiger partial charge in [-0.2, -0.15) is 0 Å². The maximum Gasteiger partial charge on any atom is 0.262 e. The fourth-order valence-corrected chi connectivity index (χ4v) is 5.49. The number of hydrogen-bond donors (Lipinski definition) is 1. The lowest BCUT2D eigenvalue weighted by atomic mass is 9.68. The Morgan fingerprint density at radius 2 is 1.92 bits per heavy atom. The Labute approximate surface area is 139 Å². The van der Waals surface area contributed by atoms with Gasteiger partial charge >= 0.3 is 0 Å². The summed E-state index contributed by atoms with van der Waals surface area (Å²) in [7, 11) is 0. The van der Waals surface area contributed by atoms with Crippen molar-refractivity contribution in [2.45, 2.75) is 45.1 Å². The zero-order valence-corrected chi connectivity index (χ0v) is 13.7. The first-order valence-corrected chi connectivity index (χ1v) is 8.88. The molecule has 2 atom stereocenters. The van der Waals surface area contributed by atoms with E-state index in [2.05, 4.69) is 9.97 Å². The zero-order chi connectivity index (χ0) is 16.4. The molecule has 2 aliphatic heterocycles. The Balaban J connectivity index is 1.60. The van der Waals surface area contributed by atoms with Crippen molar-refractivity contribution in [1.82, 2.24) is 14.9 Å². The van der Waals surface area contributed by atoms with E-state index in [1.165, 1.54) is 25.6 Å². The van der Waals surface area contributed by atoms with E-state index in [0.29, 0.717) is 28.7 Å². The fraction of sp³-hybridized carbons (Fsp3) is 0.611. The summed E-state index contributed by atoms with van der Waals surface area (Å²) < 4.78 is 5.59. The highest BCUT2D eigenvalue weighted by atomic mass is 16.3. The molecule has 0 aromatic carbocycles. The van der Waals surface area contributed by atoms with Crippen LogP contribution in [0, 0.1) is 24.7 Å². The summed E-state index contributed by atoms with van der Waals surface area (Å²) in [6.07, 6.45) is 7.39. The van der Waals surface area contributed by atoms with Gasteiger partial charge in [-0.3, -0.25) is 9.59 Å². The Bertz CT molecular complexity index is 869. The summed E-state index contributed by atoms with van der Waals surface area (Å²) in [5, 5.41) is 0.295. The number of nitrogens with one attached hydrogen (secondary N) is 1. The van der Waals surface area contributed by atoms with E-state index in [-0.39, 0.29) is 17.2 Å². The summed E-state index contributed by atoms with van der Waals surface area (Å²) >= 11 is 0. The largest absolute Gasteiger partial charge is 0.442 e. The first-order valence-electron chi connectivity index (χ1n) is 8.88. The Hall–Kier alpha value is -2.11. The SMILES string of the molecule is Cc1oc2nc[nH]c(=O)c2c1C(=O)N1CC2CC3CC(C2)CC1C3. The van der Waals surface area contributed by atoms with Crippen molar-refractivity contribution in [3.05, 3.63) is 28.0 Å². The normalized spacial score (nSPS) is 31.6. The second-order valence-corrected chi connectivity index (χ2v) is 7.83. The molecule has 2 saturated carbocycles. The molecule has 1 amide bonds. The number of furan rings is 1. The number of amides is 1. The van der Waals surface area contributed by atoms with Crippen LogP contribution in [0.15, 0.2) is 15.5 Å². The van der Waals surface area contributed by atoms with Gasteiger partial charge in [-0.15, -0.1) is 0 Å². The molecule has 6 nitrogen and oxygen atoms in total. The number of aromatic nitrogens is 2. The van der Waals surface area contributed by atoms with Crippen LogP contribution in [0.3, 0.4) is 0 Å². The first-order chi connectivity index (χ1) is 11.6. The third kappa shape index (κ3) is 1.98. The van der Waals surface area contributed by atoms with Crippen molar-refractivity contribution in [2.75, 3.05) is 6.54 Å². The molecule has 2 saturated heterocycles. The topological polar surface area (TPSA) is 79.2 Å². The minimum atomic E-state index is -0.305. The van der Waals surface area contributed by atoms with Gasteiger partial charge in [0, 0.05) is 12.6 Å². The van der Waals surface area contributed by atoms with Crippen LogP contribution in [0.5, 0.6) is 0 Å². The highest BCUT2D eigenvalue weighted by molar-refractivity contribution is 6.06. The molecular weight excluding hydrogens is 306 g/mol. The molecule has 6 rings (SSSR count). The quantitative estimate of drug-likeness (QED) is 0.872. The number of rotatable bonds is 1. The molecular formula is C18H21N3O3.